The molecule has 1 aromatic heterocycles. The first-order chi connectivity index (χ1) is 10.2. The number of nitrogens with zero attached hydrogens (tertiary/aromatic N) is 2. The molecular formula is C16H20N4O. The van der Waals surface area contributed by atoms with E-state index in [4.69, 9.17) is 5.73 Å². The monoisotopic (exact) mass is 284 g/mol. The number of aromatic amines is 1. The van der Waals surface area contributed by atoms with Crippen molar-refractivity contribution in [1.29, 1.82) is 0 Å². The lowest BCUT2D eigenvalue weighted by Crippen LogP contribution is -2.26. The predicted octanol–water partition coefficient (Wildman–Crippen LogP) is 2.26. The molecular weight excluding hydrogens is 264 g/mol. The quantitative estimate of drug-likeness (QED) is 0.826. The molecule has 0 atom stereocenters. The van der Waals surface area contributed by atoms with Crippen molar-refractivity contribution in [1.82, 2.24) is 9.97 Å². The molecule has 1 saturated carbocycles. The number of aromatic nitrogens is 2. The lowest BCUT2D eigenvalue weighted by Gasteiger charge is -2.22. The maximum atomic E-state index is 11.8. The summed E-state index contributed by atoms with van der Waals surface area (Å²) in [6.07, 6.45) is 2.24. The van der Waals surface area contributed by atoms with E-state index in [0.717, 1.165) is 42.3 Å². The van der Waals surface area contributed by atoms with Crippen molar-refractivity contribution in [2.45, 2.75) is 32.2 Å². The molecule has 0 radical (unpaired) electrons. The minimum Gasteiger partial charge on any atom is -0.399 e. The highest BCUT2D eigenvalue weighted by molar-refractivity contribution is 5.44. The molecule has 0 amide bonds. The Kier molecular flexibility index (Phi) is 3.64. The van der Waals surface area contributed by atoms with E-state index in [9.17, 15) is 4.79 Å². The zero-order valence-electron chi connectivity index (χ0n) is 12.2. The number of anilines is 2. The molecule has 21 heavy (non-hydrogen) atoms. The van der Waals surface area contributed by atoms with Crippen LogP contribution in [-0.4, -0.2) is 16.5 Å². The molecule has 0 bridgehead atoms. The van der Waals surface area contributed by atoms with Crippen LogP contribution in [0.5, 0.6) is 0 Å². The smallest absolute Gasteiger partial charge is 0.252 e. The summed E-state index contributed by atoms with van der Waals surface area (Å²) in [6, 6.07) is 9.38. The number of benzene rings is 1. The highest BCUT2D eigenvalue weighted by Gasteiger charge is 2.26. The second-order valence-electron chi connectivity index (χ2n) is 5.52. The van der Waals surface area contributed by atoms with Crippen LogP contribution in [0.3, 0.4) is 0 Å². The maximum Gasteiger partial charge on any atom is 0.252 e. The Morgan fingerprint density at radius 1 is 1.38 bits per heavy atom. The van der Waals surface area contributed by atoms with E-state index in [-0.39, 0.29) is 5.56 Å². The third kappa shape index (κ3) is 3.24. The van der Waals surface area contributed by atoms with Gasteiger partial charge in [-0.05, 0) is 37.5 Å². The zero-order chi connectivity index (χ0) is 14.8. The molecule has 3 rings (SSSR count). The number of rotatable bonds is 5. The third-order valence-corrected chi connectivity index (χ3v) is 3.74. The van der Waals surface area contributed by atoms with Gasteiger partial charge in [0.15, 0.2) is 0 Å². The summed E-state index contributed by atoms with van der Waals surface area (Å²) in [6.45, 7) is 3.55. The van der Waals surface area contributed by atoms with Crippen LogP contribution in [-0.2, 0) is 6.54 Å². The molecule has 1 fully saturated rings. The lowest BCUT2D eigenvalue weighted by atomic mass is 10.2. The molecule has 2 aromatic rings. The van der Waals surface area contributed by atoms with Crippen molar-refractivity contribution in [2.75, 3.05) is 17.2 Å². The minimum absolute atomic E-state index is 0.0760. The van der Waals surface area contributed by atoms with Crippen LogP contribution in [0.4, 0.5) is 11.5 Å². The fourth-order valence-corrected chi connectivity index (χ4v) is 2.44. The number of hydrogen-bond acceptors (Lipinski definition) is 4. The van der Waals surface area contributed by atoms with Crippen LogP contribution in [0.25, 0.3) is 0 Å². The molecule has 1 aliphatic rings. The molecule has 0 spiro atoms. The van der Waals surface area contributed by atoms with Crippen molar-refractivity contribution < 1.29 is 0 Å². The summed E-state index contributed by atoms with van der Waals surface area (Å²) < 4.78 is 0. The first-order valence-corrected chi connectivity index (χ1v) is 7.36. The Morgan fingerprint density at radius 2 is 2.19 bits per heavy atom. The largest absolute Gasteiger partial charge is 0.399 e. The van der Waals surface area contributed by atoms with Gasteiger partial charge in [-0.25, -0.2) is 4.98 Å². The van der Waals surface area contributed by atoms with Gasteiger partial charge in [0, 0.05) is 30.8 Å². The molecule has 3 N–H and O–H groups in total. The van der Waals surface area contributed by atoms with Gasteiger partial charge in [0.2, 0.25) is 0 Å². The lowest BCUT2D eigenvalue weighted by molar-refractivity contribution is 0.790. The molecule has 1 aromatic carbocycles. The molecule has 0 aliphatic heterocycles. The van der Waals surface area contributed by atoms with Crippen molar-refractivity contribution in [3.05, 3.63) is 52.1 Å². The molecule has 0 saturated heterocycles. The average Bonchev–Trinajstić information content (AvgIpc) is 3.28. The van der Waals surface area contributed by atoms with E-state index < -0.39 is 0 Å². The molecule has 5 nitrogen and oxygen atoms in total. The minimum atomic E-state index is -0.0760. The number of nitrogen functional groups attached to an aromatic ring is 1. The van der Waals surface area contributed by atoms with Crippen LogP contribution < -0.4 is 16.2 Å². The maximum absolute atomic E-state index is 11.8. The van der Waals surface area contributed by atoms with Gasteiger partial charge in [-0.2, -0.15) is 0 Å². The van der Waals surface area contributed by atoms with Gasteiger partial charge < -0.3 is 15.6 Å². The van der Waals surface area contributed by atoms with Crippen LogP contribution in [0.2, 0.25) is 0 Å². The van der Waals surface area contributed by atoms with Gasteiger partial charge >= 0.3 is 0 Å². The van der Waals surface area contributed by atoms with Gasteiger partial charge in [-0.1, -0.05) is 12.1 Å². The fraction of sp³-hybridized carbons (Fsp3) is 0.375. The molecule has 1 aliphatic carbocycles. The van der Waals surface area contributed by atoms with Crippen molar-refractivity contribution in [2.24, 2.45) is 0 Å². The first-order valence-electron chi connectivity index (χ1n) is 7.36. The SMILES string of the molecule is CCN(Cc1cccc(N)c1)c1cc(=O)[nH]c(C2CC2)n1. The fourth-order valence-electron chi connectivity index (χ4n) is 2.44. The first kappa shape index (κ1) is 13.7. The van der Waals surface area contributed by atoms with E-state index in [1.54, 1.807) is 6.07 Å². The van der Waals surface area contributed by atoms with Crippen LogP contribution in [0.1, 0.15) is 37.1 Å². The summed E-state index contributed by atoms with van der Waals surface area (Å²) in [5.74, 6) is 2.00. The summed E-state index contributed by atoms with van der Waals surface area (Å²) >= 11 is 0. The highest BCUT2D eigenvalue weighted by atomic mass is 16.1. The van der Waals surface area contributed by atoms with Gasteiger partial charge in [-0.3, -0.25) is 4.79 Å². The number of nitrogens with two attached hydrogens (primary N) is 1. The molecule has 0 unspecified atom stereocenters. The Morgan fingerprint density at radius 3 is 2.86 bits per heavy atom. The number of nitrogens with one attached hydrogen (secondary N) is 1. The Hall–Kier alpha value is -2.30. The van der Waals surface area contributed by atoms with Gasteiger partial charge in [0.25, 0.3) is 5.56 Å². The Balaban J connectivity index is 1.87. The average molecular weight is 284 g/mol. The van der Waals surface area contributed by atoms with E-state index in [2.05, 4.69) is 21.8 Å². The van der Waals surface area contributed by atoms with Crippen LogP contribution in [0, 0.1) is 0 Å². The van der Waals surface area contributed by atoms with Crippen LogP contribution in [0.15, 0.2) is 35.1 Å². The topological polar surface area (TPSA) is 75.0 Å². The molecule has 1 heterocycles. The van der Waals surface area contributed by atoms with Crippen molar-refractivity contribution >= 4 is 11.5 Å². The third-order valence-electron chi connectivity index (χ3n) is 3.74. The Bertz CT molecular complexity index is 691. The second-order valence-corrected chi connectivity index (χ2v) is 5.52. The van der Waals surface area contributed by atoms with Gasteiger partial charge in [0.1, 0.15) is 11.6 Å². The zero-order valence-corrected chi connectivity index (χ0v) is 12.2. The predicted molar refractivity (Wildman–Crippen MR) is 84.4 cm³/mol. The summed E-state index contributed by atoms with van der Waals surface area (Å²) in [4.78, 5) is 21.4. The number of hydrogen-bond donors (Lipinski definition) is 2. The van der Waals surface area contributed by atoms with Crippen molar-refractivity contribution in [3.8, 4) is 0 Å². The normalized spacial score (nSPS) is 14.1. The van der Waals surface area contributed by atoms with E-state index >= 15 is 0 Å². The number of H-pyrrole nitrogens is 1. The van der Waals surface area contributed by atoms with Gasteiger partial charge in [0.05, 0.1) is 0 Å². The van der Waals surface area contributed by atoms with E-state index in [1.165, 1.54) is 0 Å². The second kappa shape index (κ2) is 5.60. The summed E-state index contributed by atoms with van der Waals surface area (Å²) in [7, 11) is 0. The van der Waals surface area contributed by atoms with Crippen LogP contribution >= 0.6 is 0 Å². The molecule has 5 heteroatoms. The van der Waals surface area contributed by atoms with Crippen molar-refractivity contribution in [3.63, 3.8) is 0 Å². The van der Waals surface area contributed by atoms with Gasteiger partial charge in [-0.15, -0.1) is 0 Å². The molecule has 110 valence electrons. The van der Waals surface area contributed by atoms with E-state index in [0.29, 0.717) is 12.5 Å². The highest BCUT2D eigenvalue weighted by Crippen LogP contribution is 2.37. The standard InChI is InChI=1S/C16H20N4O/c1-2-20(10-11-4-3-5-13(17)8-11)14-9-15(21)19-16(18-14)12-6-7-12/h3-5,8-9,12H,2,6-7,10,17H2,1H3,(H,18,19,21). The Labute approximate surface area is 123 Å². The van der Waals surface area contributed by atoms with E-state index in [1.807, 2.05) is 24.3 Å². The summed E-state index contributed by atoms with van der Waals surface area (Å²) in [5.41, 5.74) is 7.61. The summed E-state index contributed by atoms with van der Waals surface area (Å²) in [5, 5.41) is 0.